The second-order valence-corrected chi connectivity index (χ2v) is 4.05. The van der Waals surface area contributed by atoms with Gasteiger partial charge in [0.2, 0.25) is 0 Å². The third-order valence-corrected chi connectivity index (χ3v) is 2.85. The van der Waals surface area contributed by atoms with E-state index in [9.17, 15) is 4.79 Å². The Hall–Kier alpha value is -0.220. The van der Waals surface area contributed by atoms with E-state index in [0.29, 0.717) is 12.6 Å². The molecule has 1 atom stereocenters. The number of hydrogen-bond donors (Lipinski definition) is 1. The van der Waals surface area contributed by atoms with Crippen LogP contribution in [0.15, 0.2) is 0 Å². The van der Waals surface area contributed by atoms with Gasteiger partial charge in [-0.3, -0.25) is 4.79 Å². The van der Waals surface area contributed by atoms with Gasteiger partial charge in [-0.25, -0.2) is 0 Å². The third-order valence-electron chi connectivity index (χ3n) is 2.13. The van der Waals surface area contributed by atoms with Crippen LogP contribution in [0, 0.1) is 0 Å². The summed E-state index contributed by atoms with van der Waals surface area (Å²) in [5, 5.41) is 8.51. The molecule has 0 radical (unpaired) electrons. The predicted molar refractivity (Wildman–Crippen MR) is 57.3 cm³/mol. The number of carboxylic acid groups (broad SMARTS) is 1. The summed E-state index contributed by atoms with van der Waals surface area (Å²) in [6.45, 7) is 2.78. The number of carboxylic acids is 1. The van der Waals surface area contributed by atoms with E-state index >= 15 is 0 Å². The molecule has 0 aliphatic heterocycles. The molecular weight excluding hydrogens is 186 g/mol. The maximum Gasteiger partial charge on any atom is 0.304 e. The number of rotatable bonds is 7. The van der Waals surface area contributed by atoms with Crippen LogP contribution in [-0.4, -0.2) is 47.6 Å². The standard InChI is InChI=1S/C9H19NO2S/c1-4-8(7-13-3)10(2)6-5-9(11)12/h8H,4-7H2,1-3H3,(H,11,12). The lowest BCUT2D eigenvalue weighted by Gasteiger charge is -2.25. The quantitative estimate of drug-likeness (QED) is 0.684. The molecule has 0 rings (SSSR count). The highest BCUT2D eigenvalue weighted by molar-refractivity contribution is 7.98. The van der Waals surface area contributed by atoms with Crippen molar-refractivity contribution in [3.63, 3.8) is 0 Å². The molecule has 0 aromatic rings. The van der Waals surface area contributed by atoms with Crippen LogP contribution < -0.4 is 0 Å². The minimum atomic E-state index is -0.717. The minimum Gasteiger partial charge on any atom is -0.481 e. The number of carbonyl (C=O) groups is 1. The van der Waals surface area contributed by atoms with Crippen molar-refractivity contribution in [1.82, 2.24) is 4.90 Å². The molecule has 1 N–H and O–H groups in total. The van der Waals surface area contributed by atoms with Gasteiger partial charge in [0.25, 0.3) is 0 Å². The summed E-state index contributed by atoms with van der Waals surface area (Å²) in [7, 11) is 1.99. The molecule has 78 valence electrons. The first kappa shape index (κ1) is 12.8. The van der Waals surface area contributed by atoms with Gasteiger partial charge >= 0.3 is 5.97 Å². The van der Waals surface area contributed by atoms with E-state index in [0.717, 1.165) is 12.2 Å². The highest BCUT2D eigenvalue weighted by Crippen LogP contribution is 2.08. The molecule has 0 spiro atoms. The largest absolute Gasteiger partial charge is 0.481 e. The Morgan fingerprint density at radius 1 is 1.62 bits per heavy atom. The van der Waals surface area contributed by atoms with Gasteiger partial charge in [0.05, 0.1) is 6.42 Å². The van der Waals surface area contributed by atoms with E-state index in [2.05, 4.69) is 18.1 Å². The van der Waals surface area contributed by atoms with Gasteiger partial charge in [-0.1, -0.05) is 6.92 Å². The van der Waals surface area contributed by atoms with Crippen LogP contribution in [0.25, 0.3) is 0 Å². The van der Waals surface area contributed by atoms with Crippen molar-refractivity contribution in [2.75, 3.05) is 25.6 Å². The summed E-state index contributed by atoms with van der Waals surface area (Å²) in [6.07, 6.45) is 3.39. The molecule has 0 aliphatic carbocycles. The van der Waals surface area contributed by atoms with E-state index in [4.69, 9.17) is 5.11 Å². The van der Waals surface area contributed by atoms with Crippen LogP contribution in [0.5, 0.6) is 0 Å². The monoisotopic (exact) mass is 205 g/mol. The Morgan fingerprint density at radius 2 is 2.23 bits per heavy atom. The fourth-order valence-electron chi connectivity index (χ4n) is 1.20. The first-order valence-electron chi connectivity index (χ1n) is 4.52. The molecule has 13 heavy (non-hydrogen) atoms. The second-order valence-electron chi connectivity index (χ2n) is 3.14. The lowest BCUT2D eigenvalue weighted by atomic mass is 10.2. The lowest BCUT2D eigenvalue weighted by Crippen LogP contribution is -2.34. The van der Waals surface area contributed by atoms with Crippen molar-refractivity contribution in [2.24, 2.45) is 0 Å². The zero-order chi connectivity index (χ0) is 10.3. The molecule has 0 bridgehead atoms. The van der Waals surface area contributed by atoms with Gasteiger partial charge in [0.1, 0.15) is 0 Å². The van der Waals surface area contributed by atoms with Crippen molar-refractivity contribution in [3.8, 4) is 0 Å². The molecule has 0 saturated carbocycles. The van der Waals surface area contributed by atoms with Gasteiger partial charge < -0.3 is 10.0 Å². The first-order chi connectivity index (χ1) is 6.11. The van der Waals surface area contributed by atoms with Crippen LogP contribution in [0.4, 0.5) is 0 Å². The summed E-state index contributed by atoms with van der Waals surface area (Å²) >= 11 is 1.81. The molecule has 1 unspecified atom stereocenters. The van der Waals surface area contributed by atoms with Crippen molar-refractivity contribution >= 4 is 17.7 Å². The summed E-state index contributed by atoms with van der Waals surface area (Å²) in [4.78, 5) is 12.5. The summed E-state index contributed by atoms with van der Waals surface area (Å²) in [6, 6.07) is 0.509. The Labute approximate surface area is 84.5 Å². The molecule has 0 amide bonds. The van der Waals surface area contributed by atoms with E-state index in [1.807, 2.05) is 18.8 Å². The SMILES string of the molecule is CCC(CSC)N(C)CCC(=O)O. The van der Waals surface area contributed by atoms with E-state index in [1.165, 1.54) is 0 Å². The van der Waals surface area contributed by atoms with Crippen LogP contribution in [-0.2, 0) is 4.79 Å². The van der Waals surface area contributed by atoms with Gasteiger partial charge in [-0.05, 0) is 19.7 Å². The fraction of sp³-hybridized carbons (Fsp3) is 0.889. The topological polar surface area (TPSA) is 40.5 Å². The Bertz CT molecular complexity index is 153. The van der Waals surface area contributed by atoms with Gasteiger partial charge in [-0.15, -0.1) is 0 Å². The highest BCUT2D eigenvalue weighted by Gasteiger charge is 2.12. The van der Waals surface area contributed by atoms with Crippen molar-refractivity contribution in [3.05, 3.63) is 0 Å². The highest BCUT2D eigenvalue weighted by atomic mass is 32.2. The lowest BCUT2D eigenvalue weighted by molar-refractivity contribution is -0.137. The maximum atomic E-state index is 10.3. The number of aliphatic carboxylic acids is 1. The molecule has 0 aliphatic rings. The molecule has 0 fully saturated rings. The van der Waals surface area contributed by atoms with Gasteiger partial charge in [-0.2, -0.15) is 11.8 Å². The van der Waals surface area contributed by atoms with Crippen LogP contribution in [0.3, 0.4) is 0 Å². The van der Waals surface area contributed by atoms with Gasteiger partial charge in [0, 0.05) is 18.3 Å². The molecule has 4 heteroatoms. The minimum absolute atomic E-state index is 0.237. The molecule has 3 nitrogen and oxygen atoms in total. The zero-order valence-electron chi connectivity index (χ0n) is 8.62. The summed E-state index contributed by atoms with van der Waals surface area (Å²) < 4.78 is 0. The number of thioether (sulfide) groups is 1. The van der Waals surface area contributed by atoms with Crippen LogP contribution in [0.2, 0.25) is 0 Å². The maximum absolute atomic E-state index is 10.3. The Morgan fingerprint density at radius 3 is 2.62 bits per heavy atom. The number of hydrogen-bond acceptors (Lipinski definition) is 3. The van der Waals surface area contributed by atoms with Gasteiger partial charge in [0.15, 0.2) is 0 Å². The molecule has 0 aromatic carbocycles. The Kier molecular flexibility index (Phi) is 7.09. The van der Waals surface area contributed by atoms with E-state index in [1.54, 1.807) is 0 Å². The normalized spacial score (nSPS) is 13.2. The second kappa shape index (κ2) is 7.21. The molecular formula is C9H19NO2S. The smallest absolute Gasteiger partial charge is 0.304 e. The van der Waals surface area contributed by atoms with E-state index < -0.39 is 5.97 Å². The summed E-state index contributed by atoms with van der Waals surface area (Å²) in [5.74, 6) is 0.359. The van der Waals surface area contributed by atoms with E-state index in [-0.39, 0.29) is 6.42 Å². The summed E-state index contributed by atoms with van der Waals surface area (Å²) in [5.41, 5.74) is 0. The van der Waals surface area contributed by atoms with Crippen molar-refractivity contribution < 1.29 is 9.90 Å². The molecule has 0 aromatic heterocycles. The fourth-order valence-corrected chi connectivity index (χ4v) is 2.08. The molecule has 0 saturated heterocycles. The van der Waals surface area contributed by atoms with Crippen molar-refractivity contribution in [2.45, 2.75) is 25.8 Å². The zero-order valence-corrected chi connectivity index (χ0v) is 9.43. The number of nitrogens with zero attached hydrogens (tertiary/aromatic N) is 1. The van der Waals surface area contributed by atoms with Crippen LogP contribution >= 0.6 is 11.8 Å². The average molecular weight is 205 g/mol. The predicted octanol–water partition coefficient (Wildman–Crippen LogP) is 1.53. The average Bonchev–Trinajstić information content (AvgIpc) is 2.10. The Balaban J connectivity index is 3.76. The first-order valence-corrected chi connectivity index (χ1v) is 5.92. The van der Waals surface area contributed by atoms with Crippen molar-refractivity contribution in [1.29, 1.82) is 0 Å². The molecule has 0 heterocycles. The van der Waals surface area contributed by atoms with Crippen LogP contribution in [0.1, 0.15) is 19.8 Å². The third kappa shape index (κ3) is 5.93.